The number of likely N-dealkylation sites (tertiary alicyclic amines) is 1. The van der Waals surface area contributed by atoms with Crippen molar-refractivity contribution in [2.75, 3.05) is 20.3 Å². The fraction of sp³-hybridized carbons (Fsp3) is 0.846. The first-order chi connectivity index (χ1) is 9.26. The molecular formula is C13H21NO6. The van der Waals surface area contributed by atoms with Crippen LogP contribution in [-0.4, -0.2) is 66.2 Å². The highest BCUT2D eigenvalue weighted by Crippen LogP contribution is 2.36. The fourth-order valence-electron chi connectivity index (χ4n) is 2.71. The van der Waals surface area contributed by atoms with E-state index in [9.17, 15) is 14.7 Å². The van der Waals surface area contributed by atoms with Gasteiger partial charge in [-0.25, -0.2) is 9.59 Å². The van der Waals surface area contributed by atoms with Crippen LogP contribution in [0.15, 0.2) is 0 Å². The third kappa shape index (κ3) is 2.60. The number of amides is 1. The molecule has 0 spiro atoms. The molecule has 1 N–H and O–H groups in total. The second kappa shape index (κ2) is 5.21. The summed E-state index contributed by atoms with van der Waals surface area (Å²) < 4.78 is 15.3. The first-order valence-corrected chi connectivity index (χ1v) is 6.61. The minimum atomic E-state index is -1.03. The third-order valence-corrected chi connectivity index (χ3v) is 3.56. The van der Waals surface area contributed by atoms with Gasteiger partial charge in [-0.2, -0.15) is 0 Å². The molecule has 20 heavy (non-hydrogen) atoms. The lowest BCUT2D eigenvalue weighted by molar-refractivity contribution is -0.149. The first kappa shape index (κ1) is 15.1. The topological polar surface area (TPSA) is 85.3 Å². The maximum Gasteiger partial charge on any atom is 0.411 e. The average Bonchev–Trinajstić information content (AvgIpc) is 2.88. The van der Waals surface area contributed by atoms with Crippen LogP contribution in [0.3, 0.4) is 0 Å². The Kier molecular flexibility index (Phi) is 3.93. The first-order valence-electron chi connectivity index (χ1n) is 6.61. The lowest BCUT2D eigenvalue weighted by atomic mass is 9.99. The van der Waals surface area contributed by atoms with E-state index < -0.39 is 29.8 Å². The smallest absolute Gasteiger partial charge is 0.411 e. The highest BCUT2D eigenvalue weighted by atomic mass is 16.6. The second-order valence-corrected chi connectivity index (χ2v) is 6.11. The van der Waals surface area contributed by atoms with Crippen molar-refractivity contribution >= 4 is 12.1 Å². The Bertz CT molecular complexity index is 404. The van der Waals surface area contributed by atoms with Gasteiger partial charge in [-0.05, 0) is 20.8 Å². The molecule has 2 rings (SSSR count). The number of aliphatic hydroxyl groups excluding tert-OH is 1. The highest BCUT2D eigenvalue weighted by molar-refractivity contribution is 5.83. The molecule has 7 heteroatoms. The van der Waals surface area contributed by atoms with E-state index in [2.05, 4.69) is 0 Å². The van der Waals surface area contributed by atoms with Gasteiger partial charge in [0.15, 0.2) is 6.04 Å². The number of methoxy groups -OCH3 is 1. The normalized spacial score (nSPS) is 33.0. The molecule has 0 bridgehead atoms. The minimum absolute atomic E-state index is 0.286. The molecule has 0 radical (unpaired) electrons. The van der Waals surface area contributed by atoms with Crippen LogP contribution in [0.25, 0.3) is 0 Å². The van der Waals surface area contributed by atoms with Crippen molar-refractivity contribution in [3.05, 3.63) is 0 Å². The Morgan fingerprint density at radius 1 is 1.30 bits per heavy atom. The predicted molar refractivity (Wildman–Crippen MR) is 68.0 cm³/mol. The van der Waals surface area contributed by atoms with Crippen LogP contribution >= 0.6 is 0 Å². The van der Waals surface area contributed by atoms with Crippen molar-refractivity contribution in [1.29, 1.82) is 0 Å². The Morgan fingerprint density at radius 2 is 1.95 bits per heavy atom. The van der Waals surface area contributed by atoms with Gasteiger partial charge in [0.2, 0.25) is 0 Å². The molecule has 2 heterocycles. The Balaban J connectivity index is 2.25. The summed E-state index contributed by atoms with van der Waals surface area (Å²) in [5.74, 6) is -0.927. The van der Waals surface area contributed by atoms with Crippen LogP contribution in [0.1, 0.15) is 20.8 Å². The quantitative estimate of drug-likeness (QED) is 0.691. The molecule has 2 fully saturated rings. The number of hydrogen-bond acceptors (Lipinski definition) is 6. The van der Waals surface area contributed by atoms with Crippen LogP contribution in [0.4, 0.5) is 4.79 Å². The van der Waals surface area contributed by atoms with Gasteiger partial charge in [0.1, 0.15) is 5.60 Å². The SMILES string of the molecule is COC(=O)[C@@H]1[C@@H](O)[C@H]2COC[C@H]2N1C(=O)OC(C)(C)C. The number of nitrogens with zero attached hydrogens (tertiary/aromatic N) is 1. The van der Waals surface area contributed by atoms with Crippen LogP contribution in [0, 0.1) is 5.92 Å². The summed E-state index contributed by atoms with van der Waals surface area (Å²) in [6, 6.07) is -1.39. The molecule has 0 saturated carbocycles. The summed E-state index contributed by atoms with van der Waals surface area (Å²) >= 11 is 0. The number of aliphatic hydroxyl groups is 1. The average molecular weight is 287 g/mol. The van der Waals surface area contributed by atoms with Gasteiger partial charge in [0.05, 0.1) is 32.5 Å². The van der Waals surface area contributed by atoms with Gasteiger partial charge >= 0.3 is 12.1 Å². The molecule has 0 unspecified atom stereocenters. The van der Waals surface area contributed by atoms with E-state index in [1.54, 1.807) is 20.8 Å². The van der Waals surface area contributed by atoms with E-state index in [-0.39, 0.29) is 18.6 Å². The molecule has 0 aromatic rings. The zero-order valence-corrected chi connectivity index (χ0v) is 12.2. The van der Waals surface area contributed by atoms with E-state index in [0.29, 0.717) is 6.61 Å². The van der Waals surface area contributed by atoms with E-state index in [4.69, 9.17) is 14.2 Å². The summed E-state index contributed by atoms with van der Waals surface area (Å²) in [6.45, 7) is 5.83. The number of carbonyl (C=O) groups is 2. The molecule has 4 atom stereocenters. The Hall–Kier alpha value is -1.34. The number of hydrogen-bond donors (Lipinski definition) is 1. The highest BCUT2D eigenvalue weighted by Gasteiger charge is 2.57. The van der Waals surface area contributed by atoms with E-state index >= 15 is 0 Å². The summed E-state index contributed by atoms with van der Waals surface area (Å²) in [4.78, 5) is 25.4. The van der Waals surface area contributed by atoms with Crippen molar-refractivity contribution in [1.82, 2.24) is 4.90 Å². The maximum absolute atomic E-state index is 12.3. The van der Waals surface area contributed by atoms with Crippen molar-refractivity contribution < 1.29 is 28.9 Å². The minimum Gasteiger partial charge on any atom is -0.467 e. The summed E-state index contributed by atoms with van der Waals surface area (Å²) in [5.41, 5.74) is -0.680. The standard InChI is InChI=1S/C13H21NO6/c1-13(2,3)20-12(17)14-8-6-19-5-7(8)10(15)9(14)11(16)18-4/h7-10,15H,5-6H2,1-4H3/t7-,8+,9-,10-/m0/s1. The molecular weight excluding hydrogens is 266 g/mol. The van der Waals surface area contributed by atoms with Gasteiger partial charge in [-0.15, -0.1) is 0 Å². The van der Waals surface area contributed by atoms with Gasteiger partial charge in [0, 0.05) is 5.92 Å². The number of carbonyl (C=O) groups excluding carboxylic acids is 2. The molecule has 2 aliphatic rings. The predicted octanol–water partition coefficient (Wildman–Crippen LogP) is 0.155. The van der Waals surface area contributed by atoms with Crippen molar-refractivity contribution in [3.63, 3.8) is 0 Å². The van der Waals surface area contributed by atoms with Crippen LogP contribution in [-0.2, 0) is 19.0 Å². The zero-order chi connectivity index (χ0) is 15.1. The molecule has 0 aromatic carbocycles. The van der Waals surface area contributed by atoms with Gasteiger partial charge < -0.3 is 19.3 Å². The number of ether oxygens (including phenoxy) is 3. The largest absolute Gasteiger partial charge is 0.467 e. The molecule has 7 nitrogen and oxygen atoms in total. The number of rotatable bonds is 1. The fourth-order valence-corrected chi connectivity index (χ4v) is 2.71. The molecule has 1 amide bonds. The van der Waals surface area contributed by atoms with E-state index in [1.807, 2.05) is 0 Å². The van der Waals surface area contributed by atoms with Crippen LogP contribution < -0.4 is 0 Å². The number of fused-ring (bicyclic) bond motifs is 1. The van der Waals surface area contributed by atoms with Crippen LogP contribution in [0.5, 0.6) is 0 Å². The molecule has 2 aliphatic heterocycles. The summed E-state index contributed by atoms with van der Waals surface area (Å²) in [7, 11) is 1.23. The Morgan fingerprint density at radius 3 is 2.50 bits per heavy atom. The molecule has 2 saturated heterocycles. The lowest BCUT2D eigenvalue weighted by Gasteiger charge is -2.30. The van der Waals surface area contributed by atoms with Crippen LogP contribution in [0.2, 0.25) is 0 Å². The zero-order valence-electron chi connectivity index (χ0n) is 12.2. The second-order valence-electron chi connectivity index (χ2n) is 6.11. The molecule has 0 aliphatic carbocycles. The van der Waals surface area contributed by atoms with Crippen molar-refractivity contribution in [2.45, 2.75) is 44.6 Å². The number of esters is 1. The summed E-state index contributed by atoms with van der Waals surface area (Å²) in [6.07, 6.45) is -1.63. The summed E-state index contributed by atoms with van der Waals surface area (Å²) in [5, 5.41) is 10.2. The monoisotopic (exact) mass is 287 g/mol. The van der Waals surface area contributed by atoms with Gasteiger partial charge in [-0.1, -0.05) is 0 Å². The molecule has 0 aromatic heterocycles. The van der Waals surface area contributed by atoms with Gasteiger partial charge in [0.25, 0.3) is 0 Å². The van der Waals surface area contributed by atoms with E-state index in [1.165, 1.54) is 12.0 Å². The maximum atomic E-state index is 12.3. The van der Waals surface area contributed by atoms with E-state index in [0.717, 1.165) is 0 Å². The van der Waals surface area contributed by atoms with Crippen molar-refractivity contribution in [3.8, 4) is 0 Å². The lowest BCUT2D eigenvalue weighted by Crippen LogP contribution is -2.50. The molecule has 114 valence electrons. The van der Waals surface area contributed by atoms with Crippen molar-refractivity contribution in [2.24, 2.45) is 5.92 Å². The Labute approximate surface area is 117 Å². The third-order valence-electron chi connectivity index (χ3n) is 3.56. The van der Waals surface area contributed by atoms with Gasteiger partial charge in [-0.3, -0.25) is 4.90 Å².